The SMILES string of the molecule is Nc1ncc(-c2cnn(C3CCN(C(=O)O)CC3)c2)cc1-c1ccc(NC(=O)c2cn(CCF)cc(-c3ccc(F)cc3)c2=O)cc1. The number of halogens is 2. The summed E-state index contributed by atoms with van der Waals surface area (Å²) < 4.78 is 30.0. The maximum atomic E-state index is 13.5. The molecule has 240 valence electrons. The highest BCUT2D eigenvalue weighted by molar-refractivity contribution is 6.04. The Kier molecular flexibility index (Phi) is 8.78. The van der Waals surface area contributed by atoms with Crippen LogP contribution in [0.15, 0.2) is 90.4 Å². The van der Waals surface area contributed by atoms with E-state index in [4.69, 9.17) is 5.73 Å². The van der Waals surface area contributed by atoms with Gasteiger partial charge in [-0.2, -0.15) is 5.10 Å². The molecule has 1 saturated heterocycles. The highest BCUT2D eigenvalue weighted by atomic mass is 19.1. The molecule has 13 heteroatoms. The van der Waals surface area contributed by atoms with Gasteiger partial charge in [0.25, 0.3) is 5.91 Å². The molecule has 0 saturated carbocycles. The lowest BCUT2D eigenvalue weighted by atomic mass is 10.0. The third-order valence-electron chi connectivity index (χ3n) is 8.24. The highest BCUT2D eigenvalue weighted by Gasteiger charge is 2.24. The summed E-state index contributed by atoms with van der Waals surface area (Å²) >= 11 is 0. The van der Waals surface area contributed by atoms with Crippen LogP contribution < -0.4 is 16.5 Å². The number of aromatic nitrogens is 4. The fraction of sp³-hybridized carbons (Fsp3) is 0.206. The maximum absolute atomic E-state index is 13.5. The first-order valence-corrected chi connectivity index (χ1v) is 15.0. The predicted molar refractivity (Wildman–Crippen MR) is 173 cm³/mol. The Morgan fingerprint density at radius 1 is 0.915 bits per heavy atom. The molecule has 6 rings (SSSR count). The van der Waals surface area contributed by atoms with Crippen LogP contribution in [0.25, 0.3) is 33.4 Å². The fourth-order valence-electron chi connectivity index (χ4n) is 5.66. The minimum Gasteiger partial charge on any atom is -0.465 e. The van der Waals surface area contributed by atoms with E-state index in [0.717, 1.165) is 16.7 Å². The van der Waals surface area contributed by atoms with Crippen molar-refractivity contribution in [2.75, 3.05) is 30.8 Å². The Bertz CT molecular complexity index is 1980. The van der Waals surface area contributed by atoms with Gasteiger partial charge in [0.05, 0.1) is 18.8 Å². The number of nitrogens with one attached hydrogen (secondary N) is 1. The molecule has 0 unspecified atom stereocenters. The third kappa shape index (κ3) is 6.73. The number of carbonyl (C=O) groups excluding carboxylic acids is 1. The molecule has 5 aromatic rings. The van der Waals surface area contributed by atoms with Gasteiger partial charge >= 0.3 is 6.09 Å². The lowest BCUT2D eigenvalue weighted by Gasteiger charge is -2.30. The Labute approximate surface area is 267 Å². The minimum absolute atomic E-state index is 0.0646. The first-order valence-electron chi connectivity index (χ1n) is 15.0. The van der Waals surface area contributed by atoms with Gasteiger partial charge in [0.15, 0.2) is 0 Å². The average molecular weight is 640 g/mol. The largest absolute Gasteiger partial charge is 0.465 e. The van der Waals surface area contributed by atoms with Crippen molar-refractivity contribution in [2.45, 2.75) is 25.4 Å². The number of nitrogens with zero attached hydrogens (tertiary/aromatic N) is 5. The quantitative estimate of drug-likeness (QED) is 0.197. The number of aryl methyl sites for hydroxylation is 1. The second kappa shape index (κ2) is 13.3. The molecule has 11 nitrogen and oxygen atoms in total. The molecule has 1 aliphatic rings. The molecular weight excluding hydrogens is 608 g/mol. The molecule has 47 heavy (non-hydrogen) atoms. The summed E-state index contributed by atoms with van der Waals surface area (Å²) in [6, 6.07) is 14.2. The van der Waals surface area contributed by atoms with Gasteiger partial charge in [0, 0.05) is 65.8 Å². The van der Waals surface area contributed by atoms with Crippen LogP contribution in [0, 0.1) is 5.82 Å². The van der Waals surface area contributed by atoms with Crippen molar-refractivity contribution in [1.29, 1.82) is 0 Å². The summed E-state index contributed by atoms with van der Waals surface area (Å²) in [7, 11) is 0. The van der Waals surface area contributed by atoms with Crippen LogP contribution in [0.1, 0.15) is 29.2 Å². The van der Waals surface area contributed by atoms with E-state index in [1.807, 2.05) is 16.9 Å². The Morgan fingerprint density at radius 2 is 1.60 bits per heavy atom. The lowest BCUT2D eigenvalue weighted by molar-refractivity contribution is 0.102. The zero-order valence-electron chi connectivity index (χ0n) is 25.1. The summed E-state index contributed by atoms with van der Waals surface area (Å²) in [4.78, 5) is 43.6. The molecule has 1 fully saturated rings. The van der Waals surface area contributed by atoms with E-state index in [-0.39, 0.29) is 23.7 Å². The number of benzene rings is 2. The van der Waals surface area contributed by atoms with E-state index < -0.39 is 29.9 Å². The number of pyridine rings is 2. The molecule has 1 aliphatic heterocycles. The lowest BCUT2D eigenvalue weighted by Crippen LogP contribution is -2.38. The van der Waals surface area contributed by atoms with Crippen molar-refractivity contribution >= 4 is 23.5 Å². The van der Waals surface area contributed by atoms with E-state index in [0.29, 0.717) is 48.6 Å². The number of nitrogen functional groups attached to an aromatic ring is 1. The number of amides is 2. The van der Waals surface area contributed by atoms with Gasteiger partial charge in [0.1, 0.15) is 23.9 Å². The number of carbonyl (C=O) groups is 2. The molecule has 0 aliphatic carbocycles. The van der Waals surface area contributed by atoms with Gasteiger partial charge in [-0.3, -0.25) is 14.3 Å². The number of alkyl halides is 1. The summed E-state index contributed by atoms with van der Waals surface area (Å²) in [5.74, 6) is -0.833. The number of anilines is 2. The van der Waals surface area contributed by atoms with Crippen molar-refractivity contribution < 1.29 is 23.5 Å². The van der Waals surface area contributed by atoms with Crippen LogP contribution in [0.2, 0.25) is 0 Å². The summed E-state index contributed by atoms with van der Waals surface area (Å²) in [5.41, 5.74) is 9.52. The van der Waals surface area contributed by atoms with Gasteiger partial charge in [-0.05, 0) is 54.3 Å². The highest BCUT2D eigenvalue weighted by Crippen LogP contribution is 2.31. The van der Waals surface area contributed by atoms with Crippen molar-refractivity contribution in [3.05, 3.63) is 107 Å². The standard InChI is InChI=1S/C34H31F2N7O4/c35-11-14-41-19-29(22-1-5-25(36)6-2-22)31(44)30(20-41)33(45)40-26-7-3-21(4-8-26)28-15-23(16-38-32(28)37)24-17-39-43(18-24)27-9-12-42(13-10-27)34(46)47/h1-8,15-20,27H,9-14H2,(H2,37,38)(H,40,45)(H,46,47). The van der Waals surface area contributed by atoms with E-state index in [2.05, 4.69) is 15.4 Å². The number of carboxylic acid groups (broad SMARTS) is 1. The summed E-state index contributed by atoms with van der Waals surface area (Å²) in [5, 5.41) is 16.5. The summed E-state index contributed by atoms with van der Waals surface area (Å²) in [6.45, 7) is 0.145. The van der Waals surface area contributed by atoms with E-state index in [1.54, 1.807) is 36.7 Å². The zero-order chi connectivity index (χ0) is 33.1. The van der Waals surface area contributed by atoms with Gasteiger partial charge < -0.3 is 25.6 Å². The molecular formula is C34H31F2N7O4. The molecule has 0 bridgehead atoms. The topological polar surface area (TPSA) is 148 Å². The average Bonchev–Trinajstić information content (AvgIpc) is 3.57. The fourth-order valence-corrected chi connectivity index (χ4v) is 5.66. The Balaban J connectivity index is 1.20. The molecule has 4 N–H and O–H groups in total. The van der Waals surface area contributed by atoms with Crippen LogP contribution >= 0.6 is 0 Å². The Morgan fingerprint density at radius 3 is 2.28 bits per heavy atom. The van der Waals surface area contributed by atoms with Crippen LogP contribution in [-0.2, 0) is 6.54 Å². The van der Waals surface area contributed by atoms with Crippen LogP contribution in [-0.4, -0.2) is 61.1 Å². The van der Waals surface area contributed by atoms with Crippen molar-refractivity contribution in [2.24, 2.45) is 0 Å². The number of rotatable bonds is 8. The Hall–Kier alpha value is -5.85. The maximum Gasteiger partial charge on any atom is 0.407 e. The van der Waals surface area contributed by atoms with Crippen molar-refractivity contribution in [3.63, 3.8) is 0 Å². The molecule has 2 amide bonds. The predicted octanol–water partition coefficient (Wildman–Crippen LogP) is 5.70. The second-order valence-electron chi connectivity index (χ2n) is 11.2. The molecule has 2 aromatic carbocycles. The van der Waals surface area contributed by atoms with Crippen LogP contribution in [0.3, 0.4) is 0 Å². The molecule has 4 heterocycles. The second-order valence-corrected chi connectivity index (χ2v) is 11.2. The number of piperidine rings is 1. The van der Waals surface area contributed by atoms with E-state index in [9.17, 15) is 28.3 Å². The van der Waals surface area contributed by atoms with Gasteiger partial charge in [-0.1, -0.05) is 24.3 Å². The molecule has 0 spiro atoms. The first kappa shape index (κ1) is 31.1. The van der Waals surface area contributed by atoms with Gasteiger partial charge in [-0.25, -0.2) is 18.6 Å². The number of likely N-dealkylation sites (tertiary alicyclic amines) is 1. The smallest absolute Gasteiger partial charge is 0.407 e. The minimum atomic E-state index is -0.909. The first-order chi connectivity index (χ1) is 22.7. The zero-order valence-corrected chi connectivity index (χ0v) is 25.1. The third-order valence-corrected chi connectivity index (χ3v) is 8.24. The monoisotopic (exact) mass is 639 g/mol. The van der Waals surface area contributed by atoms with Gasteiger partial charge in [-0.15, -0.1) is 0 Å². The van der Waals surface area contributed by atoms with Crippen molar-refractivity contribution in [1.82, 2.24) is 24.2 Å². The number of nitrogens with two attached hydrogens (primary N) is 1. The van der Waals surface area contributed by atoms with E-state index >= 15 is 0 Å². The summed E-state index contributed by atoms with van der Waals surface area (Å²) in [6.07, 6.45) is 8.52. The molecule has 0 radical (unpaired) electrons. The number of hydrogen-bond donors (Lipinski definition) is 3. The van der Waals surface area contributed by atoms with Crippen LogP contribution in [0.5, 0.6) is 0 Å². The normalized spacial score (nSPS) is 13.4. The molecule has 0 atom stereocenters. The van der Waals surface area contributed by atoms with Crippen LogP contribution in [0.4, 0.5) is 25.1 Å². The van der Waals surface area contributed by atoms with Gasteiger partial charge in [0.2, 0.25) is 5.43 Å². The molecule has 3 aromatic heterocycles. The van der Waals surface area contributed by atoms with E-state index in [1.165, 1.54) is 46.1 Å². The van der Waals surface area contributed by atoms with Crippen molar-refractivity contribution in [3.8, 4) is 33.4 Å². The number of hydrogen-bond acceptors (Lipinski definition) is 6.